The van der Waals surface area contributed by atoms with Crippen LogP contribution in [0.15, 0.2) is 24.3 Å². The zero-order valence-corrected chi connectivity index (χ0v) is 34.2. The molecule has 0 bridgehead atoms. The minimum atomic E-state index is -0.948. The highest BCUT2D eigenvalue weighted by Gasteiger charge is 2.20. The zero-order valence-electron chi connectivity index (χ0n) is 34.2. The summed E-state index contributed by atoms with van der Waals surface area (Å²) in [6.07, 6.45) is 50.4. The molecule has 0 radical (unpaired) electrons. The standard InChI is InChI=1S/C46H89NO4/c1-3-5-7-9-11-13-15-17-18-19-20-21-22-23-24-25-26-28-30-32-34-36-38-40-45(50)44(42-48)47-46(51)41-43(49)39-37-35-33-31-29-27-16-14-12-10-8-6-4-2/h30,32,38,40,43-45,48-50H,3-29,31,33-37,39,41-42H2,1-2H3,(H,47,51)/b32-30+,40-38+. The molecular weight excluding hydrogens is 631 g/mol. The minimum absolute atomic E-state index is 0.00935. The van der Waals surface area contributed by atoms with Gasteiger partial charge >= 0.3 is 0 Å². The summed E-state index contributed by atoms with van der Waals surface area (Å²) in [6, 6.07) is -0.757. The van der Waals surface area contributed by atoms with Gasteiger partial charge in [-0.15, -0.1) is 0 Å². The number of carbonyl (C=O) groups excluding carboxylic acids is 1. The number of unbranched alkanes of at least 4 members (excludes halogenated alkanes) is 30. The van der Waals surface area contributed by atoms with Gasteiger partial charge in [-0.1, -0.05) is 224 Å². The molecule has 4 N–H and O–H groups in total. The van der Waals surface area contributed by atoms with Crippen molar-refractivity contribution >= 4 is 5.91 Å². The van der Waals surface area contributed by atoms with Crippen molar-refractivity contribution in [3.8, 4) is 0 Å². The van der Waals surface area contributed by atoms with Crippen LogP contribution in [0.2, 0.25) is 0 Å². The van der Waals surface area contributed by atoms with Gasteiger partial charge in [0, 0.05) is 0 Å². The van der Waals surface area contributed by atoms with Gasteiger partial charge in [0.2, 0.25) is 5.91 Å². The molecule has 3 atom stereocenters. The van der Waals surface area contributed by atoms with Crippen LogP contribution >= 0.6 is 0 Å². The van der Waals surface area contributed by atoms with E-state index in [1.807, 2.05) is 6.08 Å². The van der Waals surface area contributed by atoms with Crippen LogP contribution in [0.5, 0.6) is 0 Å². The van der Waals surface area contributed by atoms with Gasteiger partial charge < -0.3 is 20.6 Å². The predicted molar refractivity (Wildman–Crippen MR) is 222 cm³/mol. The van der Waals surface area contributed by atoms with Crippen LogP contribution in [0.1, 0.15) is 239 Å². The first kappa shape index (κ1) is 49.8. The molecule has 0 aliphatic heterocycles. The van der Waals surface area contributed by atoms with Crippen molar-refractivity contribution in [1.82, 2.24) is 5.32 Å². The number of carbonyl (C=O) groups is 1. The highest BCUT2D eigenvalue weighted by molar-refractivity contribution is 5.76. The zero-order chi connectivity index (χ0) is 37.3. The fourth-order valence-electron chi connectivity index (χ4n) is 7.00. The summed E-state index contributed by atoms with van der Waals surface area (Å²) in [5.41, 5.74) is 0. The molecule has 1 amide bonds. The van der Waals surface area contributed by atoms with E-state index in [2.05, 4.69) is 31.3 Å². The van der Waals surface area contributed by atoms with Crippen molar-refractivity contribution in [2.75, 3.05) is 6.61 Å². The van der Waals surface area contributed by atoms with Crippen molar-refractivity contribution in [3.05, 3.63) is 24.3 Å². The van der Waals surface area contributed by atoms with Gasteiger partial charge in [-0.25, -0.2) is 0 Å². The van der Waals surface area contributed by atoms with Crippen molar-refractivity contribution in [2.24, 2.45) is 0 Å². The Bertz CT molecular complexity index is 754. The summed E-state index contributed by atoms with van der Waals surface area (Å²) >= 11 is 0. The molecule has 0 saturated carbocycles. The molecule has 51 heavy (non-hydrogen) atoms. The number of hydrogen-bond donors (Lipinski definition) is 4. The van der Waals surface area contributed by atoms with Gasteiger partial charge in [-0.2, -0.15) is 0 Å². The van der Waals surface area contributed by atoms with Gasteiger partial charge in [0.1, 0.15) is 0 Å². The van der Waals surface area contributed by atoms with Gasteiger partial charge in [-0.3, -0.25) is 4.79 Å². The molecule has 0 rings (SSSR count). The molecule has 0 aromatic carbocycles. The maximum absolute atomic E-state index is 12.4. The van der Waals surface area contributed by atoms with Crippen LogP contribution in [0, 0.1) is 0 Å². The number of aliphatic hydroxyl groups excluding tert-OH is 3. The number of hydrogen-bond acceptors (Lipinski definition) is 4. The molecule has 0 fully saturated rings. The quantitative estimate of drug-likeness (QED) is 0.0374. The average molecular weight is 720 g/mol. The van der Waals surface area contributed by atoms with Crippen molar-refractivity contribution in [3.63, 3.8) is 0 Å². The Kier molecular flexibility index (Phi) is 40.6. The molecule has 302 valence electrons. The maximum Gasteiger partial charge on any atom is 0.222 e. The van der Waals surface area contributed by atoms with Gasteiger partial charge in [0.05, 0.1) is 31.3 Å². The predicted octanol–water partition coefficient (Wildman–Crippen LogP) is 13.0. The van der Waals surface area contributed by atoms with Gasteiger partial charge in [0.25, 0.3) is 0 Å². The first-order chi connectivity index (χ1) is 25.0. The lowest BCUT2D eigenvalue weighted by Gasteiger charge is -2.21. The van der Waals surface area contributed by atoms with E-state index in [4.69, 9.17) is 0 Å². The SMILES string of the molecule is CCCCCCCCCCCCCCCCCCC/C=C/CC/C=C/C(O)C(CO)NC(=O)CC(O)CCCCCCCCCCCCCCC. The van der Waals surface area contributed by atoms with E-state index in [9.17, 15) is 20.1 Å². The third-order valence-corrected chi connectivity index (χ3v) is 10.5. The molecule has 5 nitrogen and oxygen atoms in total. The van der Waals surface area contributed by atoms with Gasteiger partial charge in [-0.05, 0) is 32.1 Å². The Morgan fingerprint density at radius 3 is 1.25 bits per heavy atom. The Hall–Kier alpha value is -1.17. The van der Waals surface area contributed by atoms with E-state index in [1.54, 1.807) is 6.08 Å². The number of amides is 1. The lowest BCUT2D eigenvalue weighted by Crippen LogP contribution is -2.45. The number of nitrogens with one attached hydrogen (secondary N) is 1. The highest BCUT2D eigenvalue weighted by Crippen LogP contribution is 2.16. The Balaban J connectivity index is 3.66. The highest BCUT2D eigenvalue weighted by atomic mass is 16.3. The van der Waals surface area contributed by atoms with Crippen LogP contribution in [0.25, 0.3) is 0 Å². The summed E-state index contributed by atoms with van der Waals surface area (Å²) in [6.45, 7) is 4.21. The van der Waals surface area contributed by atoms with Gasteiger partial charge in [0.15, 0.2) is 0 Å². The number of rotatable bonds is 41. The summed E-state index contributed by atoms with van der Waals surface area (Å²) in [5.74, 6) is -0.323. The van der Waals surface area contributed by atoms with Crippen LogP contribution in [-0.4, -0.2) is 46.1 Å². The largest absolute Gasteiger partial charge is 0.394 e. The minimum Gasteiger partial charge on any atom is -0.394 e. The van der Waals surface area contributed by atoms with E-state index < -0.39 is 18.2 Å². The van der Waals surface area contributed by atoms with Crippen molar-refractivity contribution < 1.29 is 20.1 Å². The van der Waals surface area contributed by atoms with E-state index >= 15 is 0 Å². The van der Waals surface area contributed by atoms with E-state index in [0.717, 1.165) is 32.1 Å². The van der Waals surface area contributed by atoms with Crippen LogP contribution in [-0.2, 0) is 4.79 Å². The molecule has 3 unspecified atom stereocenters. The molecule has 0 aliphatic carbocycles. The molecule has 5 heteroatoms. The Morgan fingerprint density at radius 1 is 0.490 bits per heavy atom. The summed E-state index contributed by atoms with van der Waals surface area (Å²) in [7, 11) is 0. The van der Waals surface area contributed by atoms with E-state index in [0.29, 0.717) is 6.42 Å². The van der Waals surface area contributed by atoms with Crippen LogP contribution < -0.4 is 5.32 Å². The molecule has 0 aliphatic rings. The Morgan fingerprint density at radius 2 is 0.843 bits per heavy atom. The summed E-state index contributed by atoms with van der Waals surface area (Å²) in [4.78, 5) is 12.4. The number of allylic oxidation sites excluding steroid dienone is 3. The molecule has 0 saturated heterocycles. The molecule has 0 heterocycles. The van der Waals surface area contributed by atoms with E-state index in [1.165, 1.54) is 180 Å². The first-order valence-electron chi connectivity index (χ1n) is 22.6. The topological polar surface area (TPSA) is 89.8 Å². The van der Waals surface area contributed by atoms with Crippen LogP contribution in [0.3, 0.4) is 0 Å². The monoisotopic (exact) mass is 720 g/mol. The third kappa shape index (κ3) is 38.4. The summed E-state index contributed by atoms with van der Waals surface area (Å²) in [5, 5.41) is 33.2. The maximum atomic E-state index is 12.4. The molecular formula is C46H89NO4. The summed E-state index contributed by atoms with van der Waals surface area (Å²) < 4.78 is 0. The molecule has 0 spiro atoms. The fourth-order valence-corrected chi connectivity index (χ4v) is 7.00. The third-order valence-electron chi connectivity index (χ3n) is 10.5. The normalized spacial score (nSPS) is 13.7. The fraction of sp³-hybridized carbons (Fsp3) is 0.891. The average Bonchev–Trinajstić information content (AvgIpc) is 3.12. The van der Waals surface area contributed by atoms with Crippen LogP contribution in [0.4, 0.5) is 0 Å². The molecule has 0 aromatic rings. The second kappa shape index (κ2) is 41.6. The smallest absolute Gasteiger partial charge is 0.222 e. The van der Waals surface area contributed by atoms with Crippen molar-refractivity contribution in [1.29, 1.82) is 0 Å². The molecule has 0 aromatic heterocycles. The van der Waals surface area contributed by atoms with E-state index in [-0.39, 0.29) is 18.9 Å². The second-order valence-electron chi connectivity index (χ2n) is 15.7. The lowest BCUT2D eigenvalue weighted by molar-refractivity contribution is -0.124. The lowest BCUT2D eigenvalue weighted by atomic mass is 10.0. The first-order valence-corrected chi connectivity index (χ1v) is 22.6. The van der Waals surface area contributed by atoms with Crippen molar-refractivity contribution in [2.45, 2.75) is 257 Å². The number of aliphatic hydroxyl groups is 3. The Labute approximate surface area is 318 Å². The second-order valence-corrected chi connectivity index (χ2v) is 15.7.